The van der Waals surface area contributed by atoms with Crippen molar-refractivity contribution in [3.8, 4) is 0 Å². The van der Waals surface area contributed by atoms with Gasteiger partial charge >= 0.3 is 6.03 Å². The van der Waals surface area contributed by atoms with Gasteiger partial charge in [0.1, 0.15) is 0 Å². The molecule has 31 heavy (non-hydrogen) atoms. The first-order valence-electron chi connectivity index (χ1n) is 10.7. The zero-order chi connectivity index (χ0) is 21.2. The highest BCUT2D eigenvalue weighted by atomic mass is 32.1. The SMILES string of the molecule is O=C(Nc1ccccc1)N1CCC[C@@H](C(=O)N2CCc3sccc3[C@@H]2c2cccs2)C1. The van der Waals surface area contributed by atoms with Crippen LogP contribution < -0.4 is 5.32 Å². The van der Waals surface area contributed by atoms with Crippen molar-refractivity contribution in [3.05, 3.63) is 74.6 Å². The second-order valence-electron chi connectivity index (χ2n) is 8.08. The number of amides is 3. The van der Waals surface area contributed by atoms with Crippen LogP contribution in [0.4, 0.5) is 10.5 Å². The Bertz CT molecular complexity index is 1050. The number of benzene rings is 1. The highest BCUT2D eigenvalue weighted by Crippen LogP contribution is 2.40. The first kappa shape index (κ1) is 20.3. The normalized spacial score (nSPS) is 20.9. The van der Waals surface area contributed by atoms with Gasteiger partial charge in [-0.3, -0.25) is 4.79 Å². The largest absolute Gasteiger partial charge is 0.330 e. The Labute approximate surface area is 190 Å². The van der Waals surface area contributed by atoms with Gasteiger partial charge < -0.3 is 15.1 Å². The van der Waals surface area contributed by atoms with E-state index in [9.17, 15) is 9.59 Å². The van der Waals surface area contributed by atoms with Gasteiger partial charge in [-0.15, -0.1) is 22.7 Å². The molecule has 0 saturated carbocycles. The van der Waals surface area contributed by atoms with Crippen LogP contribution in [0.2, 0.25) is 0 Å². The van der Waals surface area contributed by atoms with Crippen molar-refractivity contribution in [2.24, 2.45) is 5.92 Å². The maximum absolute atomic E-state index is 13.7. The topological polar surface area (TPSA) is 52.7 Å². The molecule has 7 heteroatoms. The number of nitrogens with one attached hydrogen (secondary N) is 1. The average Bonchev–Trinajstić information content (AvgIpc) is 3.51. The number of likely N-dealkylation sites (tertiary alicyclic amines) is 1. The Balaban J connectivity index is 1.32. The number of carbonyl (C=O) groups excluding carboxylic acids is 2. The van der Waals surface area contributed by atoms with Crippen LogP contribution >= 0.6 is 22.7 Å². The van der Waals surface area contributed by atoms with E-state index < -0.39 is 0 Å². The summed E-state index contributed by atoms with van der Waals surface area (Å²) in [4.78, 5) is 32.9. The molecule has 0 radical (unpaired) electrons. The third kappa shape index (κ3) is 4.12. The lowest BCUT2D eigenvalue weighted by Crippen LogP contribution is -2.50. The van der Waals surface area contributed by atoms with Crippen LogP contribution in [0.25, 0.3) is 0 Å². The molecule has 0 unspecified atom stereocenters. The van der Waals surface area contributed by atoms with Crippen LogP contribution in [0.5, 0.6) is 0 Å². The summed E-state index contributed by atoms with van der Waals surface area (Å²) in [5, 5.41) is 7.17. The molecule has 0 spiro atoms. The number of anilines is 1. The van der Waals surface area contributed by atoms with E-state index in [2.05, 4.69) is 39.2 Å². The minimum atomic E-state index is -0.155. The van der Waals surface area contributed by atoms with E-state index in [0.717, 1.165) is 31.5 Å². The molecule has 3 aromatic rings. The number of fused-ring (bicyclic) bond motifs is 1. The van der Waals surface area contributed by atoms with E-state index in [1.54, 1.807) is 27.6 Å². The van der Waals surface area contributed by atoms with Gasteiger partial charge in [0.2, 0.25) is 5.91 Å². The molecule has 1 N–H and O–H groups in total. The van der Waals surface area contributed by atoms with Crippen LogP contribution in [-0.4, -0.2) is 41.4 Å². The zero-order valence-corrected chi connectivity index (χ0v) is 18.8. The molecule has 1 aromatic carbocycles. The van der Waals surface area contributed by atoms with E-state index >= 15 is 0 Å². The van der Waals surface area contributed by atoms with Gasteiger partial charge in [0.05, 0.1) is 12.0 Å². The molecular weight excluding hydrogens is 426 g/mol. The molecule has 5 nitrogen and oxygen atoms in total. The Morgan fingerprint density at radius 3 is 2.65 bits per heavy atom. The minimum Gasteiger partial charge on any atom is -0.330 e. The summed E-state index contributed by atoms with van der Waals surface area (Å²) in [7, 11) is 0. The Morgan fingerprint density at radius 1 is 0.968 bits per heavy atom. The predicted molar refractivity (Wildman–Crippen MR) is 126 cm³/mol. The van der Waals surface area contributed by atoms with Crippen molar-refractivity contribution < 1.29 is 9.59 Å². The van der Waals surface area contributed by atoms with Crippen molar-refractivity contribution >= 4 is 40.3 Å². The third-order valence-electron chi connectivity index (χ3n) is 6.14. The number of rotatable bonds is 3. The molecule has 4 heterocycles. The fraction of sp³-hybridized carbons (Fsp3) is 0.333. The van der Waals surface area contributed by atoms with Gasteiger partial charge in [-0.05, 0) is 59.9 Å². The Kier molecular flexibility index (Phi) is 5.78. The lowest BCUT2D eigenvalue weighted by Gasteiger charge is -2.40. The lowest BCUT2D eigenvalue weighted by molar-refractivity contribution is -0.139. The second-order valence-corrected chi connectivity index (χ2v) is 10.1. The van der Waals surface area contributed by atoms with Crippen LogP contribution in [0.15, 0.2) is 59.3 Å². The number of hydrogen-bond acceptors (Lipinski definition) is 4. The van der Waals surface area contributed by atoms with Crippen molar-refractivity contribution in [2.45, 2.75) is 25.3 Å². The van der Waals surface area contributed by atoms with Gasteiger partial charge in [-0.25, -0.2) is 4.79 Å². The molecule has 5 rings (SSSR count). The fourth-order valence-corrected chi connectivity index (χ4v) is 6.39. The summed E-state index contributed by atoms with van der Waals surface area (Å²) in [5.74, 6) is 0.0189. The minimum absolute atomic E-state index is 0.00368. The van der Waals surface area contributed by atoms with E-state index in [1.807, 2.05) is 30.3 Å². The monoisotopic (exact) mass is 451 g/mol. The van der Waals surface area contributed by atoms with Crippen LogP contribution in [0.3, 0.4) is 0 Å². The predicted octanol–water partition coefficient (Wildman–Crippen LogP) is 5.23. The first-order valence-corrected chi connectivity index (χ1v) is 12.5. The van der Waals surface area contributed by atoms with Gasteiger partial charge in [0, 0.05) is 35.1 Å². The third-order valence-corrected chi connectivity index (χ3v) is 8.07. The van der Waals surface area contributed by atoms with Gasteiger partial charge in [0.25, 0.3) is 0 Å². The molecule has 0 aliphatic carbocycles. The number of hydrogen-bond donors (Lipinski definition) is 1. The standard InChI is InChI=1S/C24H25N3O2S2/c28-23(17-6-4-12-26(16-17)24(29)25-18-7-2-1-3-8-18)27-13-10-20-19(11-15-31-20)22(27)21-9-5-14-30-21/h1-3,5,7-9,11,14-15,17,22H,4,6,10,12-13,16H2,(H,25,29)/t17-,22-/m1/s1. The van der Waals surface area contributed by atoms with Crippen molar-refractivity contribution in [2.75, 3.05) is 25.0 Å². The quantitative estimate of drug-likeness (QED) is 0.593. The zero-order valence-electron chi connectivity index (χ0n) is 17.2. The van der Waals surface area contributed by atoms with E-state index in [-0.39, 0.29) is 23.9 Å². The molecule has 3 amide bonds. The smallest absolute Gasteiger partial charge is 0.321 e. The van der Waals surface area contributed by atoms with Crippen LogP contribution in [0.1, 0.15) is 34.2 Å². The molecular formula is C24H25N3O2S2. The summed E-state index contributed by atoms with van der Waals surface area (Å²) >= 11 is 3.49. The maximum atomic E-state index is 13.7. The van der Waals surface area contributed by atoms with Crippen molar-refractivity contribution in [1.82, 2.24) is 9.80 Å². The summed E-state index contributed by atoms with van der Waals surface area (Å²) in [6.45, 7) is 1.90. The van der Waals surface area contributed by atoms with Crippen LogP contribution in [0, 0.1) is 5.92 Å². The molecule has 1 saturated heterocycles. The van der Waals surface area contributed by atoms with E-state index in [4.69, 9.17) is 0 Å². The number of carbonyl (C=O) groups is 2. The summed E-state index contributed by atoms with van der Waals surface area (Å²) in [6, 6.07) is 15.7. The van der Waals surface area contributed by atoms with E-state index in [1.165, 1.54) is 15.3 Å². The molecule has 0 bridgehead atoms. The van der Waals surface area contributed by atoms with Crippen molar-refractivity contribution in [3.63, 3.8) is 0 Å². The lowest BCUT2D eigenvalue weighted by atomic mass is 9.92. The second kappa shape index (κ2) is 8.85. The number of urea groups is 1. The number of para-hydroxylation sites is 1. The first-order chi connectivity index (χ1) is 15.2. The van der Waals surface area contributed by atoms with Gasteiger partial charge in [-0.1, -0.05) is 24.3 Å². The molecule has 2 aliphatic heterocycles. The van der Waals surface area contributed by atoms with E-state index in [0.29, 0.717) is 13.1 Å². The summed E-state index contributed by atoms with van der Waals surface area (Å²) in [6.07, 6.45) is 2.59. The Hall–Kier alpha value is -2.64. The number of thiophene rings is 2. The maximum Gasteiger partial charge on any atom is 0.321 e. The molecule has 1 fully saturated rings. The summed E-state index contributed by atoms with van der Waals surface area (Å²) in [5.41, 5.74) is 2.04. The molecule has 2 aliphatic rings. The Morgan fingerprint density at radius 2 is 1.84 bits per heavy atom. The van der Waals surface area contributed by atoms with Gasteiger partial charge in [0.15, 0.2) is 0 Å². The molecule has 160 valence electrons. The summed E-state index contributed by atoms with van der Waals surface area (Å²) < 4.78 is 0. The highest BCUT2D eigenvalue weighted by molar-refractivity contribution is 7.10. The molecule has 2 aromatic heterocycles. The average molecular weight is 452 g/mol. The molecule has 2 atom stereocenters. The van der Waals surface area contributed by atoms with Gasteiger partial charge in [-0.2, -0.15) is 0 Å². The number of nitrogens with zero attached hydrogens (tertiary/aromatic N) is 2. The highest BCUT2D eigenvalue weighted by Gasteiger charge is 2.38. The van der Waals surface area contributed by atoms with Crippen LogP contribution in [-0.2, 0) is 11.2 Å². The number of piperidine rings is 1. The fourth-order valence-electron chi connectivity index (χ4n) is 4.63. The van der Waals surface area contributed by atoms with Crippen molar-refractivity contribution in [1.29, 1.82) is 0 Å².